The number of benzene rings is 2. The van der Waals surface area contributed by atoms with Crippen LogP contribution >= 0.6 is 0 Å². The summed E-state index contributed by atoms with van der Waals surface area (Å²) in [5.74, 6) is -0.195. The summed E-state index contributed by atoms with van der Waals surface area (Å²) < 4.78 is 59.1. The molecule has 0 aromatic heterocycles. The van der Waals surface area contributed by atoms with Crippen molar-refractivity contribution in [2.24, 2.45) is 0 Å². The van der Waals surface area contributed by atoms with Crippen molar-refractivity contribution < 1.29 is 25.9 Å². The standard InChI is InChI=1S/C25H34N4O6S2/c1-20(29-15-7-10-24(36(29,31)32)22-8-5-4-6-9-22)21-11-13-23(14-12-21)25(30)27-16-18-28(19-17-27)37(33,34)35-26(2)3/h4-6,8-9,11-14,20,24H,7,10,15-19H2,1-3H3. The van der Waals surface area contributed by atoms with E-state index in [0.717, 1.165) is 22.6 Å². The van der Waals surface area contributed by atoms with Crippen molar-refractivity contribution in [3.63, 3.8) is 0 Å². The molecule has 2 atom stereocenters. The minimum Gasteiger partial charge on any atom is -0.336 e. The van der Waals surface area contributed by atoms with Gasteiger partial charge in [0.2, 0.25) is 10.0 Å². The Labute approximate surface area is 219 Å². The van der Waals surface area contributed by atoms with E-state index in [1.54, 1.807) is 33.5 Å². The van der Waals surface area contributed by atoms with Crippen LogP contribution in [-0.4, -0.2) is 88.1 Å². The molecule has 2 saturated heterocycles. The van der Waals surface area contributed by atoms with Gasteiger partial charge in [-0.2, -0.15) is 26.4 Å². The normalized spacial score (nSPS) is 22.2. The van der Waals surface area contributed by atoms with Crippen LogP contribution in [0.5, 0.6) is 0 Å². The molecular weight excluding hydrogens is 516 g/mol. The quantitative estimate of drug-likeness (QED) is 0.487. The van der Waals surface area contributed by atoms with E-state index >= 15 is 0 Å². The van der Waals surface area contributed by atoms with Crippen molar-refractivity contribution >= 4 is 26.2 Å². The van der Waals surface area contributed by atoms with Crippen molar-refractivity contribution in [1.29, 1.82) is 0 Å². The lowest BCUT2D eigenvalue weighted by atomic mass is 10.0. The second kappa shape index (κ2) is 11.2. The Balaban J connectivity index is 1.41. The number of carbonyl (C=O) groups excluding carboxylic acids is 1. The molecule has 2 aliphatic heterocycles. The molecule has 0 N–H and O–H groups in total. The van der Waals surface area contributed by atoms with Gasteiger partial charge in [-0.05, 0) is 43.0 Å². The van der Waals surface area contributed by atoms with Gasteiger partial charge >= 0.3 is 10.3 Å². The number of hydrogen-bond acceptors (Lipinski definition) is 7. The number of hydroxylamine groups is 2. The van der Waals surface area contributed by atoms with Crippen LogP contribution in [0.15, 0.2) is 54.6 Å². The lowest BCUT2D eigenvalue weighted by Crippen LogP contribution is -2.51. The van der Waals surface area contributed by atoms with Crippen molar-refractivity contribution in [2.75, 3.05) is 46.8 Å². The number of amides is 1. The van der Waals surface area contributed by atoms with Gasteiger partial charge in [-0.25, -0.2) is 8.42 Å². The Hall–Kier alpha value is -2.35. The fraction of sp³-hybridized carbons (Fsp3) is 0.480. The number of carbonyl (C=O) groups is 1. The van der Waals surface area contributed by atoms with Crippen LogP contribution < -0.4 is 0 Å². The zero-order chi connectivity index (χ0) is 26.8. The first kappa shape index (κ1) is 27.7. The molecule has 12 heteroatoms. The summed E-state index contributed by atoms with van der Waals surface area (Å²) in [6.07, 6.45) is 1.37. The molecule has 0 radical (unpaired) electrons. The Morgan fingerprint density at radius 3 is 2.19 bits per heavy atom. The summed E-state index contributed by atoms with van der Waals surface area (Å²) in [7, 11) is -4.45. The third kappa shape index (κ3) is 6.05. The van der Waals surface area contributed by atoms with Crippen LogP contribution in [0, 0.1) is 0 Å². The van der Waals surface area contributed by atoms with Crippen molar-refractivity contribution in [2.45, 2.75) is 31.1 Å². The first-order chi connectivity index (χ1) is 17.5. The summed E-state index contributed by atoms with van der Waals surface area (Å²) >= 11 is 0. The van der Waals surface area contributed by atoms with E-state index in [9.17, 15) is 21.6 Å². The lowest BCUT2D eigenvalue weighted by molar-refractivity contribution is -0.00700. The van der Waals surface area contributed by atoms with E-state index in [1.165, 1.54) is 18.4 Å². The average Bonchev–Trinajstić information content (AvgIpc) is 2.87. The van der Waals surface area contributed by atoms with Gasteiger partial charge in [0.25, 0.3) is 5.91 Å². The molecule has 37 heavy (non-hydrogen) atoms. The van der Waals surface area contributed by atoms with Crippen molar-refractivity contribution in [3.8, 4) is 0 Å². The predicted molar refractivity (Wildman–Crippen MR) is 140 cm³/mol. The number of sulfonamides is 1. The van der Waals surface area contributed by atoms with Crippen LogP contribution in [0.1, 0.15) is 52.5 Å². The molecule has 202 valence electrons. The number of nitrogens with zero attached hydrogens (tertiary/aromatic N) is 4. The maximum absolute atomic E-state index is 13.5. The Bertz CT molecular complexity index is 1290. The van der Waals surface area contributed by atoms with Crippen LogP contribution in [-0.2, 0) is 24.6 Å². The highest BCUT2D eigenvalue weighted by Crippen LogP contribution is 2.38. The van der Waals surface area contributed by atoms with Gasteiger partial charge in [0.1, 0.15) is 5.25 Å². The number of hydrogen-bond donors (Lipinski definition) is 0. The molecule has 0 bridgehead atoms. The van der Waals surface area contributed by atoms with Crippen molar-refractivity contribution in [1.82, 2.24) is 18.6 Å². The average molecular weight is 551 g/mol. The van der Waals surface area contributed by atoms with Crippen molar-refractivity contribution in [3.05, 3.63) is 71.3 Å². The van der Waals surface area contributed by atoms with Crippen LogP contribution in [0.4, 0.5) is 0 Å². The third-order valence-corrected chi connectivity index (χ3v) is 10.7. The fourth-order valence-electron chi connectivity index (χ4n) is 4.90. The molecule has 0 spiro atoms. The molecule has 2 unspecified atom stereocenters. The fourth-order valence-corrected chi connectivity index (χ4v) is 8.22. The molecule has 2 aromatic carbocycles. The minimum atomic E-state index is -3.89. The van der Waals surface area contributed by atoms with Gasteiger partial charge in [0.05, 0.1) is 0 Å². The van der Waals surface area contributed by atoms with Gasteiger partial charge < -0.3 is 4.90 Å². The van der Waals surface area contributed by atoms with Gasteiger partial charge in [0.15, 0.2) is 0 Å². The number of piperazine rings is 1. The summed E-state index contributed by atoms with van der Waals surface area (Å²) in [4.78, 5) is 14.6. The molecular formula is C25H34N4O6S2. The molecule has 0 aliphatic carbocycles. The van der Waals surface area contributed by atoms with E-state index in [4.69, 9.17) is 4.28 Å². The second-order valence-electron chi connectivity index (χ2n) is 9.53. The predicted octanol–water partition coefficient (Wildman–Crippen LogP) is 2.41. The molecule has 4 rings (SSSR count). The molecule has 2 heterocycles. The maximum atomic E-state index is 13.5. The highest BCUT2D eigenvalue weighted by molar-refractivity contribution is 7.89. The topological polar surface area (TPSA) is 108 Å². The third-order valence-electron chi connectivity index (χ3n) is 6.86. The van der Waals surface area contributed by atoms with Gasteiger partial charge in [0, 0.05) is 58.4 Å². The Kier molecular flexibility index (Phi) is 8.36. The van der Waals surface area contributed by atoms with Gasteiger partial charge in [-0.1, -0.05) is 42.5 Å². The number of rotatable bonds is 7. The van der Waals surface area contributed by atoms with E-state index in [-0.39, 0.29) is 38.1 Å². The molecule has 0 saturated carbocycles. The van der Waals surface area contributed by atoms with E-state index in [2.05, 4.69) is 0 Å². The van der Waals surface area contributed by atoms with Gasteiger partial charge in [-0.15, -0.1) is 0 Å². The molecule has 2 fully saturated rings. The summed E-state index contributed by atoms with van der Waals surface area (Å²) in [5.41, 5.74) is 2.09. The van der Waals surface area contributed by atoms with Crippen LogP contribution in [0.25, 0.3) is 0 Å². The summed E-state index contributed by atoms with van der Waals surface area (Å²) in [6, 6.07) is 16.0. The zero-order valence-corrected chi connectivity index (χ0v) is 23.0. The maximum Gasteiger partial charge on any atom is 0.354 e. The summed E-state index contributed by atoms with van der Waals surface area (Å²) in [5, 5.41) is 0.558. The first-order valence-corrected chi connectivity index (χ1v) is 15.2. The summed E-state index contributed by atoms with van der Waals surface area (Å²) in [6.45, 7) is 3.12. The highest BCUT2D eigenvalue weighted by Gasteiger charge is 2.39. The molecule has 2 aliphatic rings. The molecule has 2 aromatic rings. The SMILES string of the molecule is CC(c1ccc(C(=O)N2CCN(S(=O)(=O)ON(C)C)CC2)cc1)N1CCCC(c2ccccc2)S1(=O)=O. The van der Waals surface area contributed by atoms with Crippen LogP contribution in [0.2, 0.25) is 0 Å². The van der Waals surface area contributed by atoms with E-state index < -0.39 is 25.6 Å². The van der Waals surface area contributed by atoms with Crippen LogP contribution in [0.3, 0.4) is 0 Å². The monoisotopic (exact) mass is 550 g/mol. The molecule has 10 nitrogen and oxygen atoms in total. The highest BCUT2D eigenvalue weighted by atomic mass is 32.2. The van der Waals surface area contributed by atoms with E-state index in [0.29, 0.717) is 18.5 Å². The zero-order valence-electron chi connectivity index (χ0n) is 21.4. The van der Waals surface area contributed by atoms with Gasteiger partial charge in [-0.3, -0.25) is 4.79 Å². The molecule has 1 amide bonds. The first-order valence-electron chi connectivity index (χ1n) is 12.3. The second-order valence-corrected chi connectivity index (χ2v) is 13.1. The smallest absolute Gasteiger partial charge is 0.336 e. The minimum absolute atomic E-state index is 0.145. The largest absolute Gasteiger partial charge is 0.354 e. The Morgan fingerprint density at radius 1 is 0.973 bits per heavy atom. The van der Waals surface area contributed by atoms with E-state index in [1.807, 2.05) is 37.3 Å². The lowest BCUT2D eigenvalue weighted by Gasteiger charge is -2.36. The Morgan fingerprint density at radius 2 is 1.59 bits per heavy atom.